The van der Waals surface area contributed by atoms with E-state index in [9.17, 15) is 18.8 Å². The minimum absolute atomic E-state index is 0.0798. The molecule has 0 unspecified atom stereocenters. The maximum Gasteiger partial charge on any atom is 0.331 e. The second kappa shape index (κ2) is 8.26. The van der Waals surface area contributed by atoms with Gasteiger partial charge in [-0.1, -0.05) is 6.07 Å². The number of carbonyl (C=O) groups excluding carboxylic acids is 2. The summed E-state index contributed by atoms with van der Waals surface area (Å²) < 4.78 is 19.7. The van der Waals surface area contributed by atoms with Gasteiger partial charge in [0.2, 0.25) is 0 Å². The molecule has 4 aromatic rings. The van der Waals surface area contributed by atoms with E-state index in [1.165, 1.54) is 41.9 Å². The van der Waals surface area contributed by atoms with Gasteiger partial charge in [0.15, 0.2) is 0 Å². The van der Waals surface area contributed by atoms with Gasteiger partial charge in [0.25, 0.3) is 11.5 Å². The van der Waals surface area contributed by atoms with Gasteiger partial charge in [-0.2, -0.15) is 0 Å². The summed E-state index contributed by atoms with van der Waals surface area (Å²) in [5.41, 5.74) is 0.347. The molecule has 1 amide bonds. The van der Waals surface area contributed by atoms with Crippen LogP contribution in [0.15, 0.2) is 71.1 Å². The molecule has 2 aromatic heterocycles. The number of hydrogen-bond acceptors (Lipinski definition) is 6. The summed E-state index contributed by atoms with van der Waals surface area (Å²) in [7, 11) is 0. The molecule has 0 radical (unpaired) electrons. The van der Waals surface area contributed by atoms with Gasteiger partial charge in [-0.05, 0) is 53.9 Å². The van der Waals surface area contributed by atoms with Crippen molar-refractivity contribution in [2.24, 2.45) is 0 Å². The summed E-state index contributed by atoms with van der Waals surface area (Å²) in [4.78, 5) is 41.3. The minimum atomic E-state index is -0.690. The van der Waals surface area contributed by atoms with E-state index in [0.717, 1.165) is 10.6 Å². The van der Waals surface area contributed by atoms with Gasteiger partial charge in [-0.25, -0.2) is 14.2 Å². The summed E-state index contributed by atoms with van der Waals surface area (Å²) in [6, 6.07) is 13.4. The molecule has 1 N–H and O–H groups in total. The van der Waals surface area contributed by atoms with Crippen LogP contribution in [0.4, 0.5) is 10.1 Å². The Morgan fingerprint density at radius 3 is 2.67 bits per heavy atom. The van der Waals surface area contributed by atoms with Gasteiger partial charge in [0.1, 0.15) is 18.1 Å². The van der Waals surface area contributed by atoms with Crippen molar-refractivity contribution < 1.29 is 18.7 Å². The molecule has 0 spiro atoms. The highest BCUT2D eigenvalue weighted by Crippen LogP contribution is 2.18. The second-order valence-electron chi connectivity index (χ2n) is 6.27. The number of ether oxygens (including phenoxy) is 1. The van der Waals surface area contributed by atoms with Gasteiger partial charge in [0, 0.05) is 5.69 Å². The number of esters is 1. The number of thiophene rings is 1. The maximum atomic E-state index is 13.4. The molecule has 0 saturated heterocycles. The van der Waals surface area contributed by atoms with Crippen molar-refractivity contribution in [3.63, 3.8) is 0 Å². The van der Waals surface area contributed by atoms with E-state index in [2.05, 4.69) is 10.3 Å². The first-order valence-electron chi connectivity index (χ1n) is 8.80. The third kappa shape index (κ3) is 4.26. The van der Waals surface area contributed by atoms with Crippen molar-refractivity contribution >= 4 is 39.8 Å². The standard InChI is InChI=1S/C21H14FN3O4S/c22-13-3-8-17-16(10-13)21(28)25(12-23-17)11-19(26)29-15-6-4-14(5-7-15)24-20(27)18-2-1-9-30-18/h1-10,12H,11H2,(H,24,27). The van der Waals surface area contributed by atoms with Crippen LogP contribution >= 0.6 is 11.3 Å². The fourth-order valence-electron chi connectivity index (χ4n) is 2.75. The Hall–Kier alpha value is -3.85. The van der Waals surface area contributed by atoms with E-state index < -0.39 is 17.3 Å². The SMILES string of the molecule is O=C(Cn1cnc2ccc(F)cc2c1=O)Oc1ccc(NC(=O)c2cccs2)cc1. The first kappa shape index (κ1) is 19.5. The van der Waals surface area contributed by atoms with Crippen molar-refractivity contribution in [2.45, 2.75) is 6.54 Å². The van der Waals surface area contributed by atoms with E-state index in [0.29, 0.717) is 16.1 Å². The van der Waals surface area contributed by atoms with E-state index in [4.69, 9.17) is 4.74 Å². The predicted molar refractivity (Wildman–Crippen MR) is 110 cm³/mol. The molecule has 0 bridgehead atoms. The molecule has 9 heteroatoms. The van der Waals surface area contributed by atoms with Crippen LogP contribution in [0.3, 0.4) is 0 Å². The van der Waals surface area contributed by atoms with E-state index in [-0.39, 0.29) is 23.6 Å². The zero-order valence-electron chi connectivity index (χ0n) is 15.4. The molecule has 150 valence electrons. The molecule has 0 aliphatic rings. The maximum absolute atomic E-state index is 13.4. The molecule has 0 aliphatic heterocycles. The number of carbonyl (C=O) groups is 2. The van der Waals surface area contributed by atoms with Gasteiger partial charge in [0.05, 0.1) is 22.1 Å². The fraction of sp³-hybridized carbons (Fsp3) is 0.0476. The van der Waals surface area contributed by atoms with Crippen LogP contribution in [0.25, 0.3) is 10.9 Å². The normalized spacial score (nSPS) is 10.7. The zero-order chi connectivity index (χ0) is 21.1. The Bertz CT molecular complexity index is 1280. The summed E-state index contributed by atoms with van der Waals surface area (Å²) in [6.45, 7) is -0.380. The summed E-state index contributed by atoms with van der Waals surface area (Å²) in [5.74, 6) is -1.23. The van der Waals surface area contributed by atoms with Crippen LogP contribution < -0.4 is 15.6 Å². The molecule has 0 saturated carbocycles. The number of nitrogens with one attached hydrogen (secondary N) is 1. The van der Waals surface area contributed by atoms with Crippen LogP contribution in [0.1, 0.15) is 9.67 Å². The smallest absolute Gasteiger partial charge is 0.331 e. The number of rotatable bonds is 5. The Kier molecular flexibility index (Phi) is 5.36. The average Bonchev–Trinajstić information content (AvgIpc) is 3.27. The number of anilines is 1. The van der Waals surface area contributed by atoms with Crippen molar-refractivity contribution in [3.8, 4) is 5.75 Å². The van der Waals surface area contributed by atoms with Gasteiger partial charge < -0.3 is 10.1 Å². The van der Waals surface area contributed by atoms with Crippen molar-refractivity contribution in [2.75, 3.05) is 5.32 Å². The Morgan fingerprint density at radius 1 is 1.13 bits per heavy atom. The predicted octanol–water partition coefficient (Wildman–Crippen LogP) is 3.46. The Morgan fingerprint density at radius 2 is 1.93 bits per heavy atom. The molecular weight excluding hydrogens is 409 g/mol. The zero-order valence-corrected chi connectivity index (χ0v) is 16.2. The molecule has 30 heavy (non-hydrogen) atoms. The largest absolute Gasteiger partial charge is 0.425 e. The first-order chi connectivity index (χ1) is 14.5. The lowest BCUT2D eigenvalue weighted by Crippen LogP contribution is -2.27. The van der Waals surface area contributed by atoms with Crippen molar-refractivity contribution in [1.82, 2.24) is 9.55 Å². The number of aromatic nitrogens is 2. The number of benzene rings is 2. The monoisotopic (exact) mass is 423 g/mol. The van der Waals surface area contributed by atoms with Gasteiger partial charge in [-0.15, -0.1) is 11.3 Å². The van der Waals surface area contributed by atoms with Crippen molar-refractivity contribution in [3.05, 3.63) is 87.4 Å². The Labute approximate surface area is 173 Å². The van der Waals surface area contributed by atoms with Crippen LogP contribution in [-0.4, -0.2) is 21.4 Å². The summed E-state index contributed by atoms with van der Waals surface area (Å²) in [5, 5.41) is 4.63. The topological polar surface area (TPSA) is 90.3 Å². The number of halogens is 1. The first-order valence-corrected chi connectivity index (χ1v) is 9.68. The van der Waals surface area contributed by atoms with Crippen LogP contribution in [0.2, 0.25) is 0 Å². The van der Waals surface area contributed by atoms with Gasteiger partial charge >= 0.3 is 5.97 Å². The molecule has 0 atom stereocenters. The molecule has 0 aliphatic carbocycles. The second-order valence-corrected chi connectivity index (χ2v) is 7.22. The summed E-state index contributed by atoms with van der Waals surface area (Å²) in [6.07, 6.45) is 1.22. The number of nitrogens with zero attached hydrogens (tertiary/aromatic N) is 2. The van der Waals surface area contributed by atoms with Crippen LogP contribution in [0, 0.1) is 5.82 Å². The third-order valence-electron chi connectivity index (χ3n) is 4.17. The highest BCUT2D eigenvalue weighted by molar-refractivity contribution is 7.12. The lowest BCUT2D eigenvalue weighted by Gasteiger charge is -2.08. The highest BCUT2D eigenvalue weighted by atomic mass is 32.1. The summed E-state index contributed by atoms with van der Waals surface area (Å²) >= 11 is 1.33. The van der Waals surface area contributed by atoms with E-state index in [1.807, 2.05) is 5.38 Å². The molecule has 4 rings (SSSR count). The number of hydrogen-bond donors (Lipinski definition) is 1. The number of amides is 1. The van der Waals surface area contributed by atoms with E-state index >= 15 is 0 Å². The molecule has 0 fully saturated rings. The number of fused-ring (bicyclic) bond motifs is 1. The fourth-order valence-corrected chi connectivity index (χ4v) is 3.37. The quantitative estimate of drug-likeness (QED) is 0.392. The average molecular weight is 423 g/mol. The Balaban J connectivity index is 1.42. The van der Waals surface area contributed by atoms with Crippen LogP contribution in [-0.2, 0) is 11.3 Å². The molecule has 2 heterocycles. The lowest BCUT2D eigenvalue weighted by atomic mass is 10.2. The van der Waals surface area contributed by atoms with E-state index in [1.54, 1.807) is 24.3 Å². The molecule has 7 nitrogen and oxygen atoms in total. The third-order valence-corrected chi connectivity index (χ3v) is 5.04. The lowest BCUT2D eigenvalue weighted by molar-refractivity contribution is -0.135. The van der Waals surface area contributed by atoms with Crippen molar-refractivity contribution in [1.29, 1.82) is 0 Å². The highest BCUT2D eigenvalue weighted by Gasteiger charge is 2.12. The molecular formula is C21H14FN3O4S. The van der Waals surface area contributed by atoms with Crippen LogP contribution in [0.5, 0.6) is 5.75 Å². The minimum Gasteiger partial charge on any atom is -0.425 e. The van der Waals surface area contributed by atoms with Gasteiger partial charge in [-0.3, -0.25) is 14.2 Å². The molecule has 2 aromatic carbocycles.